The lowest BCUT2D eigenvalue weighted by molar-refractivity contribution is -0.126. The third-order valence-electron chi connectivity index (χ3n) is 5.25. The van der Waals surface area contributed by atoms with Gasteiger partial charge in [-0.05, 0) is 56.0 Å². The van der Waals surface area contributed by atoms with Crippen molar-refractivity contribution in [3.8, 4) is 0 Å². The molecule has 31 heavy (non-hydrogen) atoms. The summed E-state index contributed by atoms with van der Waals surface area (Å²) in [6, 6.07) is 3.18. The van der Waals surface area contributed by atoms with Crippen LogP contribution in [0.15, 0.2) is 18.2 Å². The Morgan fingerprint density at radius 2 is 1.71 bits per heavy atom. The van der Waals surface area contributed by atoms with Crippen molar-refractivity contribution in [2.45, 2.75) is 40.7 Å². The Morgan fingerprint density at radius 1 is 1.10 bits per heavy atom. The fourth-order valence-electron chi connectivity index (χ4n) is 3.43. The Kier molecular flexibility index (Phi) is 6.99. The molecule has 0 saturated heterocycles. The van der Waals surface area contributed by atoms with Gasteiger partial charge in [-0.15, -0.1) is 0 Å². The number of anilines is 1. The molecule has 3 amide bonds. The molecule has 0 unspecified atom stereocenters. The third kappa shape index (κ3) is 4.82. The highest BCUT2D eigenvalue weighted by Gasteiger charge is 2.31. The Bertz CT molecular complexity index is 1070. The van der Waals surface area contributed by atoms with Crippen LogP contribution in [0.25, 0.3) is 0 Å². The van der Waals surface area contributed by atoms with E-state index in [1.807, 2.05) is 0 Å². The first-order valence-corrected chi connectivity index (χ1v) is 9.74. The van der Waals surface area contributed by atoms with E-state index >= 15 is 0 Å². The van der Waals surface area contributed by atoms with Crippen molar-refractivity contribution in [1.82, 2.24) is 9.88 Å². The predicted molar refractivity (Wildman–Crippen MR) is 114 cm³/mol. The molecular formula is C22H27FN4O4. The fourth-order valence-corrected chi connectivity index (χ4v) is 3.43. The van der Waals surface area contributed by atoms with E-state index in [-0.39, 0.29) is 23.0 Å². The molecule has 1 atom stereocenters. The van der Waals surface area contributed by atoms with E-state index in [1.54, 1.807) is 41.7 Å². The summed E-state index contributed by atoms with van der Waals surface area (Å²) in [5.74, 6) is -3.79. The van der Waals surface area contributed by atoms with Crippen molar-refractivity contribution in [2.75, 3.05) is 5.32 Å². The number of aryl methyl sites for hydroxylation is 1. The van der Waals surface area contributed by atoms with Gasteiger partial charge in [0.1, 0.15) is 11.9 Å². The van der Waals surface area contributed by atoms with E-state index < -0.39 is 29.5 Å². The van der Waals surface area contributed by atoms with Crippen LogP contribution in [-0.2, 0) is 16.6 Å². The van der Waals surface area contributed by atoms with Crippen molar-refractivity contribution in [3.63, 3.8) is 0 Å². The van der Waals surface area contributed by atoms with E-state index in [0.29, 0.717) is 22.5 Å². The predicted octanol–water partition coefficient (Wildman–Crippen LogP) is 2.15. The Balaban J connectivity index is 2.35. The van der Waals surface area contributed by atoms with Crippen LogP contribution in [0.2, 0.25) is 0 Å². The van der Waals surface area contributed by atoms with Gasteiger partial charge >= 0.3 is 0 Å². The number of hydrogen-bond donors (Lipinski definition) is 3. The minimum absolute atomic E-state index is 0.0300. The maximum atomic E-state index is 13.5. The molecule has 1 heterocycles. The minimum atomic E-state index is -0.998. The van der Waals surface area contributed by atoms with Gasteiger partial charge in [0, 0.05) is 18.4 Å². The molecule has 0 aliphatic carbocycles. The molecule has 1 aromatic heterocycles. The molecule has 0 saturated carbocycles. The highest BCUT2D eigenvalue weighted by Crippen LogP contribution is 2.24. The number of ketones is 1. The largest absolute Gasteiger partial charge is 0.368 e. The zero-order chi connectivity index (χ0) is 23.6. The molecular weight excluding hydrogens is 403 g/mol. The van der Waals surface area contributed by atoms with Gasteiger partial charge in [-0.3, -0.25) is 19.2 Å². The highest BCUT2D eigenvalue weighted by molar-refractivity contribution is 6.43. The van der Waals surface area contributed by atoms with Gasteiger partial charge in [0.05, 0.1) is 11.3 Å². The van der Waals surface area contributed by atoms with E-state index in [1.165, 1.54) is 22.8 Å². The van der Waals surface area contributed by atoms with Gasteiger partial charge < -0.3 is 20.9 Å². The van der Waals surface area contributed by atoms with Crippen molar-refractivity contribution in [2.24, 2.45) is 18.7 Å². The molecule has 9 heteroatoms. The summed E-state index contributed by atoms with van der Waals surface area (Å²) in [6.45, 7) is 8.17. The Hall–Kier alpha value is -3.49. The summed E-state index contributed by atoms with van der Waals surface area (Å²) >= 11 is 0. The first-order valence-electron chi connectivity index (χ1n) is 9.74. The molecule has 0 aliphatic heterocycles. The van der Waals surface area contributed by atoms with Gasteiger partial charge in [0.25, 0.3) is 17.6 Å². The van der Waals surface area contributed by atoms with Crippen LogP contribution < -0.4 is 16.4 Å². The van der Waals surface area contributed by atoms with Crippen LogP contribution in [0, 0.1) is 32.5 Å². The average Bonchev–Trinajstić information content (AvgIpc) is 2.90. The summed E-state index contributed by atoms with van der Waals surface area (Å²) in [4.78, 5) is 49.8. The molecule has 1 aromatic carbocycles. The van der Waals surface area contributed by atoms with Crippen LogP contribution in [0.1, 0.15) is 51.5 Å². The highest BCUT2D eigenvalue weighted by atomic mass is 19.1. The zero-order valence-electron chi connectivity index (χ0n) is 18.4. The molecule has 8 nitrogen and oxygen atoms in total. The number of primary amides is 1. The zero-order valence-corrected chi connectivity index (χ0v) is 18.4. The minimum Gasteiger partial charge on any atom is -0.368 e. The van der Waals surface area contributed by atoms with E-state index in [2.05, 4.69) is 10.6 Å². The van der Waals surface area contributed by atoms with Crippen molar-refractivity contribution < 1.29 is 23.6 Å². The van der Waals surface area contributed by atoms with Crippen LogP contribution in [-0.4, -0.2) is 34.1 Å². The van der Waals surface area contributed by atoms with Crippen LogP contribution in [0.5, 0.6) is 0 Å². The number of Topliss-reactive ketones (excluding diaryl/α,β-unsaturated/α-hetero) is 1. The van der Waals surface area contributed by atoms with Gasteiger partial charge in [0.15, 0.2) is 0 Å². The number of nitrogens with zero attached hydrogens (tertiary/aromatic N) is 1. The number of aromatic nitrogens is 1. The van der Waals surface area contributed by atoms with Crippen LogP contribution in [0.4, 0.5) is 10.1 Å². The normalized spacial score (nSPS) is 11.9. The van der Waals surface area contributed by atoms with Crippen molar-refractivity contribution in [1.29, 1.82) is 0 Å². The number of nitrogens with one attached hydrogen (secondary N) is 2. The standard InChI is InChI=1S/C22H27FN4O4/c1-10(2)17(20(24)29)26-22(31)19(28)18-12(4)16(13(5)27(18)6)21(30)25-14-7-8-15(23)11(3)9-14/h7-10,17H,1-6H3,(H2,24,29)(H,25,30)(H,26,31)/t17-/m1/s1. The number of carbonyl (C=O) groups is 4. The molecule has 0 aliphatic rings. The maximum absolute atomic E-state index is 13.5. The number of benzene rings is 1. The molecule has 0 bridgehead atoms. The van der Waals surface area contributed by atoms with Gasteiger partial charge in [-0.25, -0.2) is 4.39 Å². The lowest BCUT2D eigenvalue weighted by Crippen LogP contribution is -2.50. The molecule has 4 N–H and O–H groups in total. The monoisotopic (exact) mass is 430 g/mol. The lowest BCUT2D eigenvalue weighted by atomic mass is 10.0. The number of halogens is 1. The molecule has 2 rings (SSSR count). The van der Waals surface area contributed by atoms with Gasteiger partial charge in [0.2, 0.25) is 5.91 Å². The summed E-state index contributed by atoms with van der Waals surface area (Å²) in [5.41, 5.74) is 7.13. The quantitative estimate of drug-likeness (QED) is 0.460. The Labute approximate surface area is 180 Å². The SMILES string of the molecule is Cc1cc(NC(=O)c2c(C)c(C(=O)C(=O)N[C@@H](C(N)=O)C(C)C)n(C)c2C)ccc1F. The molecule has 0 fully saturated rings. The maximum Gasteiger partial charge on any atom is 0.294 e. The molecule has 0 radical (unpaired) electrons. The number of nitrogens with two attached hydrogens (primary N) is 1. The van der Waals surface area contributed by atoms with E-state index in [4.69, 9.17) is 5.73 Å². The van der Waals surface area contributed by atoms with E-state index in [0.717, 1.165) is 0 Å². The topological polar surface area (TPSA) is 123 Å². The van der Waals surface area contributed by atoms with Crippen LogP contribution in [0.3, 0.4) is 0 Å². The second-order valence-corrected chi connectivity index (χ2v) is 7.84. The summed E-state index contributed by atoms with van der Waals surface area (Å²) < 4.78 is 14.9. The van der Waals surface area contributed by atoms with Crippen molar-refractivity contribution >= 4 is 29.2 Å². The summed E-state index contributed by atoms with van der Waals surface area (Å²) in [7, 11) is 1.57. The molecule has 166 valence electrons. The first kappa shape index (κ1) is 23.8. The number of carbonyl (C=O) groups excluding carboxylic acids is 4. The fraction of sp³-hybridized carbons (Fsp3) is 0.364. The molecule has 2 aromatic rings. The third-order valence-corrected chi connectivity index (χ3v) is 5.25. The number of rotatable bonds is 7. The lowest BCUT2D eigenvalue weighted by Gasteiger charge is -2.18. The second kappa shape index (κ2) is 9.11. The first-order chi connectivity index (χ1) is 14.4. The van der Waals surface area contributed by atoms with Crippen molar-refractivity contribution in [3.05, 3.63) is 52.1 Å². The summed E-state index contributed by atoms with van der Waals surface area (Å²) in [6.07, 6.45) is 0. The van der Waals surface area contributed by atoms with Gasteiger partial charge in [-0.1, -0.05) is 13.8 Å². The smallest absolute Gasteiger partial charge is 0.294 e. The van der Waals surface area contributed by atoms with Crippen LogP contribution >= 0.6 is 0 Å². The Morgan fingerprint density at radius 3 is 2.23 bits per heavy atom. The van der Waals surface area contributed by atoms with E-state index in [9.17, 15) is 23.6 Å². The van der Waals surface area contributed by atoms with Gasteiger partial charge in [-0.2, -0.15) is 0 Å². The average molecular weight is 430 g/mol. The summed E-state index contributed by atoms with van der Waals surface area (Å²) in [5, 5.41) is 5.05. The second-order valence-electron chi connectivity index (χ2n) is 7.84. The number of amides is 3. The molecule has 0 spiro atoms. The number of hydrogen-bond acceptors (Lipinski definition) is 4.